The van der Waals surface area contributed by atoms with Gasteiger partial charge < -0.3 is 5.32 Å². The Morgan fingerprint density at radius 1 is 1.09 bits per heavy atom. The number of hydrogen-bond donors (Lipinski definition) is 1. The largest absolute Gasteiger partial charge is 0.300 e. The van der Waals surface area contributed by atoms with Crippen molar-refractivity contribution in [2.24, 2.45) is 4.99 Å². The Morgan fingerprint density at radius 3 is 2.59 bits per heavy atom. The van der Waals surface area contributed by atoms with Gasteiger partial charge in [-0.1, -0.05) is 24.3 Å². The summed E-state index contributed by atoms with van der Waals surface area (Å²) >= 11 is 2.63. The normalized spacial score (nSPS) is 15.9. The van der Waals surface area contributed by atoms with Gasteiger partial charge in [0.05, 0.1) is 22.0 Å². The zero-order valence-corrected chi connectivity index (χ0v) is 19.8. The molecule has 32 heavy (non-hydrogen) atoms. The molecule has 0 radical (unpaired) electrons. The minimum Gasteiger partial charge on any atom is -0.300 e. The Balaban J connectivity index is 1.59. The number of hydrogen-bond acceptors (Lipinski definition) is 6. The molecule has 0 saturated carbocycles. The van der Waals surface area contributed by atoms with E-state index in [1.807, 2.05) is 68.6 Å². The minimum atomic E-state index is -0.213. The highest BCUT2D eigenvalue weighted by atomic mass is 32.2. The Bertz CT molecular complexity index is 1280. The number of carbonyl (C=O) groups is 2. The van der Waals surface area contributed by atoms with Crippen LogP contribution in [0.25, 0.3) is 6.08 Å². The molecular weight excluding hydrogens is 440 g/mol. The zero-order chi connectivity index (χ0) is 22.8. The second-order valence-corrected chi connectivity index (χ2v) is 9.31. The van der Waals surface area contributed by atoms with Crippen LogP contribution in [0.2, 0.25) is 0 Å². The van der Waals surface area contributed by atoms with E-state index in [1.54, 1.807) is 11.0 Å². The van der Waals surface area contributed by atoms with Gasteiger partial charge in [0.1, 0.15) is 0 Å². The summed E-state index contributed by atoms with van der Waals surface area (Å²) in [7, 11) is 0. The summed E-state index contributed by atoms with van der Waals surface area (Å²) in [4.78, 5) is 36.1. The van der Waals surface area contributed by atoms with Crippen LogP contribution in [0.4, 0.5) is 16.5 Å². The van der Waals surface area contributed by atoms with E-state index in [9.17, 15) is 9.59 Å². The second kappa shape index (κ2) is 9.10. The summed E-state index contributed by atoms with van der Waals surface area (Å²) in [6, 6.07) is 13.6. The first kappa shape index (κ1) is 22.0. The third kappa shape index (κ3) is 4.66. The maximum absolute atomic E-state index is 12.4. The number of para-hydroxylation sites is 1. The summed E-state index contributed by atoms with van der Waals surface area (Å²) in [5.74, 6) is -0.336. The molecule has 4 rings (SSSR count). The molecule has 0 unspecified atom stereocenters. The molecule has 8 heteroatoms. The number of aliphatic imine (C=N–C) groups is 1. The quantitative estimate of drug-likeness (QED) is 0.509. The van der Waals surface area contributed by atoms with Crippen molar-refractivity contribution in [3.05, 3.63) is 75.1 Å². The van der Waals surface area contributed by atoms with Crippen LogP contribution in [-0.2, 0) is 9.59 Å². The van der Waals surface area contributed by atoms with Gasteiger partial charge in [-0.3, -0.25) is 14.5 Å². The molecule has 0 aliphatic carbocycles. The molecule has 162 valence electrons. The van der Waals surface area contributed by atoms with Gasteiger partial charge in [-0.2, -0.15) is 0 Å². The fourth-order valence-electron chi connectivity index (χ4n) is 3.15. The first-order chi connectivity index (χ1) is 15.3. The smallest absolute Gasteiger partial charge is 0.264 e. The molecule has 0 bridgehead atoms. The Morgan fingerprint density at radius 2 is 1.88 bits per heavy atom. The molecule has 1 aromatic heterocycles. The Hall–Kier alpha value is -3.23. The van der Waals surface area contributed by atoms with Crippen LogP contribution >= 0.6 is 23.1 Å². The third-order valence-electron chi connectivity index (χ3n) is 5.03. The maximum Gasteiger partial charge on any atom is 0.264 e. The predicted octanol–water partition coefficient (Wildman–Crippen LogP) is 5.64. The van der Waals surface area contributed by atoms with Crippen LogP contribution in [0, 0.1) is 20.8 Å². The maximum atomic E-state index is 12.4. The predicted molar refractivity (Wildman–Crippen MR) is 133 cm³/mol. The van der Waals surface area contributed by atoms with E-state index in [4.69, 9.17) is 0 Å². The molecule has 1 N–H and O–H groups in total. The molecule has 1 saturated heterocycles. The van der Waals surface area contributed by atoms with Crippen molar-refractivity contribution in [1.29, 1.82) is 0 Å². The van der Waals surface area contributed by atoms with E-state index >= 15 is 0 Å². The summed E-state index contributed by atoms with van der Waals surface area (Å²) in [5, 5.41) is 5.73. The number of carbonyl (C=O) groups excluding carboxylic acids is 2. The van der Waals surface area contributed by atoms with Crippen molar-refractivity contribution in [3.63, 3.8) is 0 Å². The highest BCUT2D eigenvalue weighted by Crippen LogP contribution is 2.33. The topological polar surface area (TPSA) is 74.7 Å². The number of thiazole rings is 1. The lowest BCUT2D eigenvalue weighted by Gasteiger charge is -2.19. The van der Waals surface area contributed by atoms with Gasteiger partial charge in [0, 0.05) is 12.3 Å². The van der Waals surface area contributed by atoms with Crippen molar-refractivity contribution < 1.29 is 9.59 Å². The van der Waals surface area contributed by atoms with Crippen LogP contribution in [0.3, 0.4) is 0 Å². The van der Waals surface area contributed by atoms with Crippen molar-refractivity contribution >= 4 is 62.7 Å². The van der Waals surface area contributed by atoms with Gasteiger partial charge in [0.25, 0.3) is 5.91 Å². The van der Waals surface area contributed by atoms with E-state index in [-0.39, 0.29) is 11.8 Å². The average molecular weight is 463 g/mol. The molecule has 1 aliphatic heterocycles. The van der Waals surface area contributed by atoms with Gasteiger partial charge in [-0.25, -0.2) is 9.98 Å². The summed E-state index contributed by atoms with van der Waals surface area (Å²) < 4.78 is 0. The zero-order valence-electron chi connectivity index (χ0n) is 18.2. The van der Waals surface area contributed by atoms with Crippen LogP contribution in [-0.4, -0.2) is 22.0 Å². The standard InChI is InChI=1S/C24H22N4O2S2/c1-14-9-10-19(11-16(14)3)28(17(4)29)24-25-18(13-31-24)12-21-22(30)27-23(32-21)26-20-8-6-5-7-15(20)2/h5-13H,1-4H3,(H,26,27,30)/b21-12-. The molecule has 1 fully saturated rings. The van der Waals surface area contributed by atoms with Crippen LogP contribution in [0.15, 0.2) is 57.7 Å². The lowest BCUT2D eigenvalue weighted by Crippen LogP contribution is -2.22. The van der Waals surface area contributed by atoms with E-state index in [0.717, 1.165) is 28.1 Å². The Kier molecular flexibility index (Phi) is 6.25. The molecule has 2 aromatic carbocycles. The number of nitrogens with one attached hydrogen (secondary N) is 1. The van der Waals surface area contributed by atoms with Crippen LogP contribution < -0.4 is 10.2 Å². The summed E-state index contributed by atoms with van der Waals surface area (Å²) in [5.41, 5.74) is 5.51. The number of aromatic nitrogens is 1. The van der Waals surface area contributed by atoms with Crippen LogP contribution in [0.1, 0.15) is 29.3 Å². The van der Waals surface area contributed by atoms with Gasteiger partial charge in [0.15, 0.2) is 10.3 Å². The molecule has 2 amide bonds. The molecule has 2 heterocycles. The van der Waals surface area contributed by atoms with E-state index < -0.39 is 0 Å². The van der Waals surface area contributed by atoms with Crippen molar-refractivity contribution in [2.75, 3.05) is 4.90 Å². The van der Waals surface area contributed by atoms with Gasteiger partial charge >= 0.3 is 0 Å². The van der Waals surface area contributed by atoms with Gasteiger partial charge in [0.2, 0.25) is 5.91 Å². The number of amidine groups is 1. The highest BCUT2D eigenvalue weighted by molar-refractivity contribution is 8.18. The van der Waals surface area contributed by atoms with Crippen molar-refractivity contribution in [3.8, 4) is 0 Å². The van der Waals surface area contributed by atoms with E-state index in [2.05, 4.69) is 15.3 Å². The van der Waals surface area contributed by atoms with E-state index in [0.29, 0.717) is 20.9 Å². The summed E-state index contributed by atoms with van der Waals surface area (Å²) in [6.45, 7) is 7.54. The number of amides is 2. The SMILES string of the molecule is CC(=O)N(c1ccc(C)c(C)c1)c1nc(/C=C2\SC(=Nc3ccccc3C)NC2=O)cs1. The minimum absolute atomic E-state index is 0.123. The Labute approximate surface area is 195 Å². The molecule has 0 spiro atoms. The molecule has 0 atom stereocenters. The fourth-order valence-corrected chi connectivity index (χ4v) is 4.81. The number of nitrogens with zero attached hydrogens (tertiary/aromatic N) is 3. The van der Waals surface area contributed by atoms with Crippen LogP contribution in [0.5, 0.6) is 0 Å². The molecular formula is C24H22N4O2S2. The van der Waals surface area contributed by atoms with Crippen molar-refractivity contribution in [1.82, 2.24) is 10.3 Å². The molecule has 6 nitrogen and oxygen atoms in total. The lowest BCUT2D eigenvalue weighted by molar-refractivity contribution is -0.116. The summed E-state index contributed by atoms with van der Waals surface area (Å²) in [6.07, 6.45) is 1.72. The second-order valence-electron chi connectivity index (χ2n) is 7.45. The number of thioether (sulfide) groups is 1. The first-order valence-corrected chi connectivity index (χ1v) is 11.7. The number of anilines is 2. The van der Waals surface area contributed by atoms with Crippen molar-refractivity contribution in [2.45, 2.75) is 27.7 Å². The monoisotopic (exact) mass is 462 g/mol. The molecule has 3 aromatic rings. The first-order valence-electron chi connectivity index (χ1n) is 10.0. The van der Waals surface area contributed by atoms with Gasteiger partial charge in [-0.15, -0.1) is 11.3 Å². The third-order valence-corrected chi connectivity index (χ3v) is 6.79. The highest BCUT2D eigenvalue weighted by Gasteiger charge is 2.25. The number of aryl methyl sites for hydroxylation is 3. The number of rotatable bonds is 4. The van der Waals surface area contributed by atoms with E-state index in [1.165, 1.54) is 30.0 Å². The average Bonchev–Trinajstić information content (AvgIpc) is 3.33. The molecule has 1 aliphatic rings. The lowest BCUT2D eigenvalue weighted by atomic mass is 10.1. The number of benzene rings is 2. The fraction of sp³-hybridized carbons (Fsp3) is 0.167. The van der Waals surface area contributed by atoms with Gasteiger partial charge in [-0.05, 0) is 73.5 Å².